The zero-order valence-electron chi connectivity index (χ0n) is 10.7. The Hall–Kier alpha value is -1.47. The monoisotopic (exact) mass is 340 g/mol. The number of nitrogens with zero attached hydrogens (tertiary/aromatic N) is 3. The summed E-state index contributed by atoms with van der Waals surface area (Å²) in [5, 5.41) is 7.68. The Balaban J connectivity index is 1.89. The van der Waals surface area contributed by atoms with Gasteiger partial charge in [0, 0.05) is 17.4 Å². The van der Waals surface area contributed by atoms with Crippen molar-refractivity contribution in [3.8, 4) is 23.0 Å². The predicted octanol–water partition coefficient (Wildman–Crippen LogP) is 3.67. The Kier molecular flexibility index (Phi) is 4.21. The number of hydrogen-bond acceptors (Lipinski definition) is 6. The quantitative estimate of drug-likeness (QED) is 0.783. The van der Waals surface area contributed by atoms with Crippen molar-refractivity contribution < 1.29 is 4.52 Å². The molecule has 2 N–H and O–H groups in total. The summed E-state index contributed by atoms with van der Waals surface area (Å²) in [4.78, 5) is 8.73. The fraction of sp³-hybridized carbons (Fsp3) is 0.154. The summed E-state index contributed by atoms with van der Waals surface area (Å²) < 4.78 is 5.24. The molecule has 0 aliphatic heterocycles. The number of rotatable bonds is 4. The van der Waals surface area contributed by atoms with Gasteiger partial charge in [-0.15, -0.1) is 11.3 Å². The van der Waals surface area contributed by atoms with Crippen molar-refractivity contribution >= 4 is 34.5 Å². The summed E-state index contributed by atoms with van der Waals surface area (Å²) in [6, 6.07) is 5.17. The van der Waals surface area contributed by atoms with Gasteiger partial charge in [-0.2, -0.15) is 4.98 Å². The summed E-state index contributed by atoms with van der Waals surface area (Å²) in [5.41, 5.74) is 6.89. The van der Waals surface area contributed by atoms with Crippen LogP contribution in [0.4, 0.5) is 0 Å². The van der Waals surface area contributed by atoms with E-state index in [2.05, 4.69) is 15.1 Å². The van der Waals surface area contributed by atoms with Gasteiger partial charge < -0.3 is 10.3 Å². The molecule has 8 heteroatoms. The second-order valence-corrected chi connectivity index (χ2v) is 5.97. The fourth-order valence-electron chi connectivity index (χ4n) is 1.73. The highest BCUT2D eigenvalue weighted by molar-refractivity contribution is 7.09. The van der Waals surface area contributed by atoms with Crippen LogP contribution in [0.25, 0.3) is 23.0 Å². The van der Waals surface area contributed by atoms with Crippen LogP contribution in [0.3, 0.4) is 0 Å². The maximum absolute atomic E-state index is 5.98. The first kappa shape index (κ1) is 14.5. The normalized spacial score (nSPS) is 11.0. The fourth-order valence-corrected chi connectivity index (χ4v) is 2.81. The van der Waals surface area contributed by atoms with E-state index in [1.807, 2.05) is 5.38 Å². The van der Waals surface area contributed by atoms with E-state index in [0.29, 0.717) is 34.0 Å². The highest BCUT2D eigenvalue weighted by atomic mass is 35.5. The van der Waals surface area contributed by atoms with E-state index in [-0.39, 0.29) is 0 Å². The van der Waals surface area contributed by atoms with Gasteiger partial charge in [0.1, 0.15) is 5.69 Å². The minimum absolute atomic E-state index is 0.371. The molecule has 0 saturated carbocycles. The van der Waals surface area contributed by atoms with Gasteiger partial charge in [0.2, 0.25) is 5.82 Å². The lowest BCUT2D eigenvalue weighted by Crippen LogP contribution is -2.01. The van der Waals surface area contributed by atoms with Crippen molar-refractivity contribution in [3.05, 3.63) is 38.6 Å². The minimum atomic E-state index is 0.371. The van der Waals surface area contributed by atoms with Crippen LogP contribution in [0.15, 0.2) is 28.1 Å². The average molecular weight is 341 g/mol. The second-order valence-electron chi connectivity index (χ2n) is 4.22. The van der Waals surface area contributed by atoms with Crippen LogP contribution in [0.1, 0.15) is 5.01 Å². The van der Waals surface area contributed by atoms with Crippen LogP contribution in [-0.4, -0.2) is 21.7 Å². The molecule has 0 atom stereocenters. The molecule has 0 spiro atoms. The van der Waals surface area contributed by atoms with E-state index >= 15 is 0 Å². The van der Waals surface area contributed by atoms with Crippen molar-refractivity contribution in [2.24, 2.45) is 5.73 Å². The average Bonchev–Trinajstić information content (AvgIpc) is 3.11. The van der Waals surface area contributed by atoms with Crippen LogP contribution in [-0.2, 0) is 6.42 Å². The molecule has 5 nitrogen and oxygen atoms in total. The third-order valence-electron chi connectivity index (χ3n) is 2.73. The summed E-state index contributed by atoms with van der Waals surface area (Å²) in [7, 11) is 0. The van der Waals surface area contributed by atoms with Gasteiger partial charge in [-0.1, -0.05) is 28.4 Å². The van der Waals surface area contributed by atoms with Gasteiger partial charge in [0.15, 0.2) is 0 Å². The standard InChI is InChI=1S/C13H10Cl2N4OS/c14-8-2-1-7(5-9(8)15)12-18-13(20-19-12)10-6-21-11(17-10)3-4-16/h1-2,5-6H,3-4,16H2. The van der Waals surface area contributed by atoms with Crippen LogP contribution in [0, 0.1) is 0 Å². The minimum Gasteiger partial charge on any atom is -0.332 e. The Morgan fingerprint density at radius 1 is 1.19 bits per heavy atom. The predicted molar refractivity (Wildman–Crippen MR) is 83.6 cm³/mol. The van der Waals surface area contributed by atoms with Gasteiger partial charge in [0.25, 0.3) is 5.89 Å². The van der Waals surface area contributed by atoms with Crippen molar-refractivity contribution in [2.75, 3.05) is 6.54 Å². The van der Waals surface area contributed by atoms with E-state index in [4.69, 9.17) is 33.5 Å². The summed E-state index contributed by atoms with van der Waals surface area (Å²) >= 11 is 13.4. The van der Waals surface area contributed by atoms with Crippen molar-refractivity contribution in [1.82, 2.24) is 15.1 Å². The molecule has 0 bridgehead atoms. The van der Waals surface area contributed by atoms with Crippen LogP contribution in [0.2, 0.25) is 10.0 Å². The maximum atomic E-state index is 5.98. The highest BCUT2D eigenvalue weighted by Crippen LogP contribution is 2.28. The third-order valence-corrected chi connectivity index (χ3v) is 4.38. The Morgan fingerprint density at radius 3 is 2.81 bits per heavy atom. The van der Waals surface area contributed by atoms with E-state index in [1.54, 1.807) is 18.2 Å². The molecular weight excluding hydrogens is 331 g/mol. The van der Waals surface area contributed by atoms with E-state index < -0.39 is 0 Å². The lowest BCUT2D eigenvalue weighted by atomic mass is 10.2. The lowest BCUT2D eigenvalue weighted by Gasteiger charge is -1.97. The molecule has 0 radical (unpaired) electrons. The van der Waals surface area contributed by atoms with Crippen molar-refractivity contribution in [3.63, 3.8) is 0 Å². The van der Waals surface area contributed by atoms with Crippen LogP contribution >= 0.6 is 34.5 Å². The maximum Gasteiger partial charge on any atom is 0.277 e. The molecule has 0 aliphatic carbocycles. The largest absolute Gasteiger partial charge is 0.332 e. The summed E-state index contributed by atoms with van der Waals surface area (Å²) in [5.74, 6) is 0.813. The number of nitrogens with two attached hydrogens (primary N) is 1. The van der Waals surface area contributed by atoms with Gasteiger partial charge >= 0.3 is 0 Å². The van der Waals surface area contributed by atoms with E-state index in [1.165, 1.54) is 11.3 Å². The first-order valence-corrected chi connectivity index (χ1v) is 7.75. The summed E-state index contributed by atoms with van der Waals surface area (Å²) in [6.45, 7) is 0.561. The van der Waals surface area contributed by atoms with Crippen LogP contribution in [0.5, 0.6) is 0 Å². The molecule has 2 aromatic heterocycles. The first-order valence-electron chi connectivity index (χ1n) is 6.11. The van der Waals surface area contributed by atoms with Crippen molar-refractivity contribution in [1.29, 1.82) is 0 Å². The number of benzene rings is 1. The molecule has 2 heterocycles. The van der Waals surface area contributed by atoms with E-state index in [0.717, 1.165) is 17.0 Å². The highest BCUT2D eigenvalue weighted by Gasteiger charge is 2.14. The lowest BCUT2D eigenvalue weighted by molar-refractivity contribution is 0.431. The smallest absolute Gasteiger partial charge is 0.277 e. The second kappa shape index (κ2) is 6.11. The molecule has 0 amide bonds. The molecule has 0 saturated heterocycles. The number of halogens is 2. The first-order chi connectivity index (χ1) is 10.2. The number of aromatic nitrogens is 3. The van der Waals surface area contributed by atoms with Crippen LogP contribution < -0.4 is 5.73 Å². The topological polar surface area (TPSA) is 77.8 Å². The molecule has 3 rings (SSSR count). The molecule has 3 aromatic rings. The molecule has 21 heavy (non-hydrogen) atoms. The van der Waals surface area contributed by atoms with E-state index in [9.17, 15) is 0 Å². The molecule has 0 aliphatic rings. The molecular formula is C13H10Cl2N4OS. The molecule has 0 unspecified atom stereocenters. The zero-order chi connectivity index (χ0) is 14.8. The van der Waals surface area contributed by atoms with Crippen molar-refractivity contribution in [2.45, 2.75) is 6.42 Å². The Bertz CT molecular complexity index is 771. The Labute approximate surface area is 134 Å². The molecule has 1 aromatic carbocycles. The summed E-state index contributed by atoms with van der Waals surface area (Å²) in [6.07, 6.45) is 0.735. The third kappa shape index (κ3) is 3.08. The Morgan fingerprint density at radius 2 is 2.05 bits per heavy atom. The molecule has 108 valence electrons. The zero-order valence-corrected chi connectivity index (χ0v) is 13.0. The van der Waals surface area contributed by atoms with Gasteiger partial charge in [-0.05, 0) is 24.7 Å². The number of thiazole rings is 1. The van der Waals surface area contributed by atoms with Gasteiger partial charge in [-0.25, -0.2) is 4.98 Å². The SMILES string of the molecule is NCCc1nc(-c2nc(-c3ccc(Cl)c(Cl)c3)no2)cs1. The van der Waals surface area contributed by atoms with Gasteiger partial charge in [-0.3, -0.25) is 0 Å². The van der Waals surface area contributed by atoms with Gasteiger partial charge in [0.05, 0.1) is 15.1 Å². The number of hydrogen-bond donors (Lipinski definition) is 1. The molecule has 0 fully saturated rings.